The number of hydrogen-bond donors (Lipinski definition) is 2. The van der Waals surface area contributed by atoms with Crippen LogP contribution in [0.5, 0.6) is 0 Å². The highest BCUT2D eigenvalue weighted by molar-refractivity contribution is 5.43. The van der Waals surface area contributed by atoms with E-state index in [9.17, 15) is 10.2 Å². The van der Waals surface area contributed by atoms with Gasteiger partial charge in [0.05, 0.1) is 12.2 Å². The Morgan fingerprint density at radius 1 is 0.923 bits per heavy atom. The zero-order chi connectivity index (χ0) is 9.00. The second-order valence-electron chi connectivity index (χ2n) is 4.06. The lowest BCUT2D eigenvalue weighted by Crippen LogP contribution is -2.30. The highest BCUT2D eigenvalue weighted by atomic mass is 16.3. The fraction of sp³-hybridized carbons (Fsp3) is 0.455. The monoisotopic (exact) mass is 176 g/mol. The van der Waals surface area contributed by atoms with Gasteiger partial charge in [-0.3, -0.25) is 0 Å². The number of hydrogen-bond acceptors (Lipinski definition) is 2. The average Bonchev–Trinajstić information content (AvgIpc) is 2.66. The van der Waals surface area contributed by atoms with Crippen molar-refractivity contribution in [3.8, 4) is 0 Å². The Labute approximate surface area is 76.8 Å². The lowest BCUT2D eigenvalue weighted by molar-refractivity contribution is 0.0217. The van der Waals surface area contributed by atoms with Crippen LogP contribution in [0.15, 0.2) is 24.3 Å². The van der Waals surface area contributed by atoms with E-state index in [-0.39, 0.29) is 11.8 Å². The van der Waals surface area contributed by atoms with Gasteiger partial charge in [-0.2, -0.15) is 0 Å². The van der Waals surface area contributed by atoms with Crippen LogP contribution < -0.4 is 0 Å². The summed E-state index contributed by atoms with van der Waals surface area (Å²) in [7, 11) is 0. The number of rotatable bonds is 0. The van der Waals surface area contributed by atoms with Crippen LogP contribution in [0, 0.1) is 0 Å². The van der Waals surface area contributed by atoms with Crippen molar-refractivity contribution in [2.24, 2.45) is 0 Å². The van der Waals surface area contributed by atoms with Crippen molar-refractivity contribution < 1.29 is 10.2 Å². The maximum absolute atomic E-state index is 9.68. The highest BCUT2D eigenvalue weighted by Gasteiger charge is 2.49. The second kappa shape index (κ2) is 2.34. The van der Waals surface area contributed by atoms with Gasteiger partial charge in [-0.05, 0) is 17.5 Å². The number of aliphatic hydroxyl groups is 2. The summed E-state index contributed by atoms with van der Waals surface area (Å²) in [5.74, 6) is 0.354. The summed E-state index contributed by atoms with van der Waals surface area (Å²) in [6.07, 6.45) is -0.165. The molecule has 1 saturated carbocycles. The molecular formula is C11H12O2. The van der Waals surface area contributed by atoms with Crippen molar-refractivity contribution >= 4 is 0 Å². The third-order valence-electron chi connectivity index (χ3n) is 3.48. The summed E-state index contributed by atoms with van der Waals surface area (Å²) in [6, 6.07) is 8.13. The summed E-state index contributed by atoms with van der Waals surface area (Å²) in [4.78, 5) is 0. The third-order valence-corrected chi connectivity index (χ3v) is 3.48. The zero-order valence-electron chi connectivity index (χ0n) is 7.22. The molecule has 0 spiro atoms. The maximum atomic E-state index is 9.68. The third kappa shape index (κ3) is 0.798. The van der Waals surface area contributed by atoms with Crippen molar-refractivity contribution in [3.63, 3.8) is 0 Å². The van der Waals surface area contributed by atoms with Crippen LogP contribution in [0.1, 0.15) is 29.4 Å². The molecule has 0 radical (unpaired) electrons. The SMILES string of the molecule is O[C@@H]1C2CC(c3ccccc32)[C@@H]1O. The van der Waals surface area contributed by atoms with Gasteiger partial charge in [0.1, 0.15) is 0 Å². The molecule has 2 aliphatic rings. The molecule has 3 rings (SSSR count). The lowest BCUT2D eigenvalue weighted by atomic mass is 9.88. The van der Waals surface area contributed by atoms with Gasteiger partial charge in [-0.1, -0.05) is 24.3 Å². The van der Waals surface area contributed by atoms with Crippen LogP contribution >= 0.6 is 0 Å². The molecule has 1 fully saturated rings. The second-order valence-corrected chi connectivity index (χ2v) is 4.06. The van der Waals surface area contributed by atoms with E-state index in [4.69, 9.17) is 0 Å². The van der Waals surface area contributed by atoms with Crippen molar-refractivity contribution in [2.75, 3.05) is 0 Å². The molecule has 0 aliphatic heterocycles. The largest absolute Gasteiger partial charge is 0.390 e. The predicted octanol–water partition coefficient (Wildman–Crippen LogP) is 0.993. The van der Waals surface area contributed by atoms with Gasteiger partial charge >= 0.3 is 0 Å². The van der Waals surface area contributed by atoms with Crippen LogP contribution in [-0.4, -0.2) is 22.4 Å². The quantitative estimate of drug-likeness (QED) is 0.619. The number of aliphatic hydroxyl groups excluding tert-OH is 2. The van der Waals surface area contributed by atoms with E-state index in [0.29, 0.717) is 0 Å². The van der Waals surface area contributed by atoms with Gasteiger partial charge in [0, 0.05) is 11.8 Å². The lowest BCUT2D eigenvalue weighted by Gasteiger charge is -2.24. The summed E-state index contributed by atoms with van der Waals surface area (Å²) in [5, 5.41) is 19.4. The van der Waals surface area contributed by atoms with Gasteiger partial charge in [-0.15, -0.1) is 0 Å². The summed E-state index contributed by atoms with van der Waals surface area (Å²) in [5.41, 5.74) is 2.48. The van der Waals surface area contributed by atoms with Crippen molar-refractivity contribution in [2.45, 2.75) is 30.5 Å². The van der Waals surface area contributed by atoms with E-state index < -0.39 is 12.2 Å². The van der Waals surface area contributed by atoms with E-state index in [2.05, 4.69) is 12.1 Å². The van der Waals surface area contributed by atoms with Crippen LogP contribution in [-0.2, 0) is 0 Å². The van der Waals surface area contributed by atoms with Crippen LogP contribution in [0.4, 0.5) is 0 Å². The van der Waals surface area contributed by atoms with Crippen molar-refractivity contribution in [3.05, 3.63) is 35.4 Å². The van der Waals surface area contributed by atoms with E-state index in [1.807, 2.05) is 12.1 Å². The molecule has 0 heterocycles. The topological polar surface area (TPSA) is 40.5 Å². The molecule has 2 aliphatic carbocycles. The molecule has 13 heavy (non-hydrogen) atoms. The minimum absolute atomic E-state index is 0.177. The molecule has 2 N–H and O–H groups in total. The Bertz CT molecular complexity index is 315. The smallest absolute Gasteiger partial charge is 0.0873 e. The summed E-state index contributed by atoms with van der Waals surface area (Å²) >= 11 is 0. The Morgan fingerprint density at radius 2 is 1.38 bits per heavy atom. The minimum atomic E-state index is -0.542. The standard InChI is InChI=1S/C11H12O2/c12-10-8-5-9(11(10)13)7-4-2-1-3-6(7)8/h1-4,8-13H,5H2/t8?,9?,10-,11+. The van der Waals surface area contributed by atoms with E-state index in [1.165, 1.54) is 11.1 Å². The van der Waals surface area contributed by atoms with E-state index in [0.717, 1.165) is 6.42 Å². The Morgan fingerprint density at radius 3 is 1.85 bits per heavy atom. The molecule has 4 atom stereocenters. The van der Waals surface area contributed by atoms with Crippen LogP contribution in [0.2, 0.25) is 0 Å². The van der Waals surface area contributed by atoms with Gasteiger partial charge in [0.2, 0.25) is 0 Å². The zero-order valence-corrected chi connectivity index (χ0v) is 7.22. The first-order valence-corrected chi connectivity index (χ1v) is 4.74. The summed E-state index contributed by atoms with van der Waals surface area (Å²) < 4.78 is 0. The molecule has 0 aromatic heterocycles. The molecule has 2 heteroatoms. The van der Waals surface area contributed by atoms with Gasteiger partial charge in [0.15, 0.2) is 0 Å². The Kier molecular flexibility index (Phi) is 1.35. The van der Waals surface area contributed by atoms with Gasteiger partial charge in [-0.25, -0.2) is 0 Å². The number of benzene rings is 1. The van der Waals surface area contributed by atoms with Crippen molar-refractivity contribution in [1.82, 2.24) is 0 Å². The van der Waals surface area contributed by atoms with Crippen molar-refractivity contribution in [1.29, 1.82) is 0 Å². The predicted molar refractivity (Wildman–Crippen MR) is 48.6 cm³/mol. The van der Waals surface area contributed by atoms with E-state index in [1.54, 1.807) is 0 Å². The molecule has 2 unspecified atom stereocenters. The summed E-state index contributed by atoms with van der Waals surface area (Å²) in [6.45, 7) is 0. The van der Waals surface area contributed by atoms with Crippen LogP contribution in [0.25, 0.3) is 0 Å². The van der Waals surface area contributed by atoms with Crippen LogP contribution in [0.3, 0.4) is 0 Å². The fourth-order valence-corrected chi connectivity index (χ4v) is 2.84. The first-order valence-electron chi connectivity index (χ1n) is 4.74. The minimum Gasteiger partial charge on any atom is -0.390 e. The molecule has 1 aromatic carbocycles. The normalized spacial score (nSPS) is 40.8. The van der Waals surface area contributed by atoms with Gasteiger partial charge < -0.3 is 10.2 Å². The molecule has 0 saturated heterocycles. The maximum Gasteiger partial charge on any atom is 0.0873 e. The van der Waals surface area contributed by atoms with E-state index >= 15 is 0 Å². The fourth-order valence-electron chi connectivity index (χ4n) is 2.84. The Hall–Kier alpha value is -0.860. The Balaban J connectivity index is 2.16. The highest BCUT2D eigenvalue weighted by Crippen LogP contribution is 2.52. The molecular weight excluding hydrogens is 164 g/mol. The first kappa shape index (κ1) is 7.54. The molecule has 1 aromatic rings. The van der Waals surface area contributed by atoms with Gasteiger partial charge in [0.25, 0.3) is 0 Å². The average molecular weight is 176 g/mol. The first-order chi connectivity index (χ1) is 6.29. The molecule has 68 valence electrons. The molecule has 2 bridgehead atoms. The molecule has 2 nitrogen and oxygen atoms in total. The molecule has 0 amide bonds. The number of fused-ring (bicyclic) bond motifs is 5.